The minimum atomic E-state index is -3.75. The number of rotatable bonds is 4. The second kappa shape index (κ2) is 5.40. The molecule has 1 saturated heterocycles. The third-order valence-electron chi connectivity index (χ3n) is 3.80. The number of sulfonamides is 1. The summed E-state index contributed by atoms with van der Waals surface area (Å²) in [6, 6.07) is 2.50. The zero-order chi connectivity index (χ0) is 16.7. The van der Waals surface area contributed by atoms with E-state index in [1.807, 2.05) is 0 Å². The first kappa shape index (κ1) is 16.5. The largest absolute Gasteiger partial charge is 0.481 e. The van der Waals surface area contributed by atoms with E-state index in [0.29, 0.717) is 6.42 Å². The summed E-state index contributed by atoms with van der Waals surface area (Å²) in [5.74, 6) is -1.58. The summed E-state index contributed by atoms with van der Waals surface area (Å²) in [7, 11) is -1.03. The molecule has 1 fully saturated rings. The van der Waals surface area contributed by atoms with E-state index in [4.69, 9.17) is 9.52 Å². The summed E-state index contributed by atoms with van der Waals surface area (Å²) >= 11 is 0. The number of carboxylic acids is 1. The predicted molar refractivity (Wildman–Crippen MR) is 75.8 cm³/mol. The van der Waals surface area contributed by atoms with Crippen LogP contribution in [0.4, 0.5) is 0 Å². The molecular weight excluding hydrogens is 312 g/mol. The zero-order valence-corrected chi connectivity index (χ0v) is 13.4. The molecule has 2 heterocycles. The molecule has 1 N–H and O–H groups in total. The molecule has 1 aliphatic rings. The number of nitrogens with zero attached hydrogens (tertiary/aromatic N) is 2. The van der Waals surface area contributed by atoms with Crippen molar-refractivity contribution in [2.75, 3.05) is 27.2 Å². The Kier molecular flexibility index (Phi) is 4.05. The molecule has 0 aromatic carbocycles. The van der Waals surface area contributed by atoms with Gasteiger partial charge in [-0.05, 0) is 25.5 Å². The number of carboxylic acid groups (broad SMARTS) is 1. The number of likely N-dealkylation sites (tertiary alicyclic amines) is 1. The van der Waals surface area contributed by atoms with Crippen molar-refractivity contribution >= 4 is 21.9 Å². The highest BCUT2D eigenvalue weighted by Crippen LogP contribution is 2.31. The Morgan fingerprint density at radius 3 is 2.50 bits per heavy atom. The zero-order valence-electron chi connectivity index (χ0n) is 12.6. The Hall–Kier alpha value is -1.87. The fourth-order valence-corrected chi connectivity index (χ4v) is 3.01. The summed E-state index contributed by atoms with van der Waals surface area (Å²) in [5.41, 5.74) is -0.985. The van der Waals surface area contributed by atoms with E-state index in [2.05, 4.69) is 0 Å². The lowest BCUT2D eigenvalue weighted by Crippen LogP contribution is -2.34. The molecule has 22 heavy (non-hydrogen) atoms. The third kappa shape index (κ3) is 2.73. The van der Waals surface area contributed by atoms with Crippen LogP contribution in [0.15, 0.2) is 21.6 Å². The fourth-order valence-electron chi connectivity index (χ4n) is 2.22. The van der Waals surface area contributed by atoms with Crippen LogP contribution in [-0.4, -0.2) is 61.8 Å². The number of carbonyl (C=O) groups is 2. The molecular formula is C13H18N2O6S. The third-order valence-corrected chi connectivity index (χ3v) is 5.49. The lowest BCUT2D eigenvalue weighted by Gasteiger charge is -2.19. The van der Waals surface area contributed by atoms with Crippen LogP contribution in [0.2, 0.25) is 0 Å². The number of hydrogen-bond acceptors (Lipinski definition) is 5. The predicted octanol–water partition coefficient (Wildman–Crippen LogP) is 0.467. The van der Waals surface area contributed by atoms with Crippen molar-refractivity contribution in [1.29, 1.82) is 0 Å². The molecule has 122 valence electrons. The molecule has 1 atom stereocenters. The van der Waals surface area contributed by atoms with Gasteiger partial charge in [-0.25, -0.2) is 12.7 Å². The van der Waals surface area contributed by atoms with Crippen molar-refractivity contribution in [3.8, 4) is 0 Å². The van der Waals surface area contributed by atoms with E-state index in [9.17, 15) is 18.0 Å². The van der Waals surface area contributed by atoms with E-state index < -0.39 is 27.3 Å². The van der Waals surface area contributed by atoms with Gasteiger partial charge in [0.15, 0.2) is 5.76 Å². The van der Waals surface area contributed by atoms with Gasteiger partial charge in [0.1, 0.15) is 0 Å². The molecule has 1 amide bonds. The van der Waals surface area contributed by atoms with Crippen LogP contribution in [0.25, 0.3) is 0 Å². The molecule has 8 nitrogen and oxygen atoms in total. The topological polar surface area (TPSA) is 108 Å². The molecule has 9 heteroatoms. The molecule has 0 saturated carbocycles. The van der Waals surface area contributed by atoms with Gasteiger partial charge in [0.2, 0.25) is 5.09 Å². The summed E-state index contributed by atoms with van der Waals surface area (Å²) in [6.07, 6.45) is 0.345. The minimum absolute atomic E-state index is 0.0671. The molecule has 0 radical (unpaired) electrons. The first-order valence-corrected chi connectivity index (χ1v) is 8.07. The van der Waals surface area contributed by atoms with Crippen LogP contribution < -0.4 is 0 Å². The van der Waals surface area contributed by atoms with E-state index in [0.717, 1.165) is 4.31 Å². The van der Waals surface area contributed by atoms with Crippen molar-refractivity contribution in [1.82, 2.24) is 9.21 Å². The van der Waals surface area contributed by atoms with Crippen molar-refractivity contribution in [2.24, 2.45) is 5.41 Å². The van der Waals surface area contributed by atoms with Gasteiger partial charge in [-0.2, -0.15) is 0 Å². The van der Waals surface area contributed by atoms with Crippen LogP contribution in [0.5, 0.6) is 0 Å². The molecule has 1 aliphatic heterocycles. The lowest BCUT2D eigenvalue weighted by molar-refractivity contribution is -0.147. The number of furan rings is 1. The molecule has 0 spiro atoms. The lowest BCUT2D eigenvalue weighted by atomic mass is 9.90. The monoisotopic (exact) mass is 330 g/mol. The smallest absolute Gasteiger partial charge is 0.311 e. The quantitative estimate of drug-likeness (QED) is 0.859. The number of aliphatic carboxylic acids is 1. The van der Waals surface area contributed by atoms with Crippen LogP contribution in [-0.2, 0) is 14.8 Å². The second-order valence-electron chi connectivity index (χ2n) is 5.75. The van der Waals surface area contributed by atoms with Crippen LogP contribution >= 0.6 is 0 Å². The highest BCUT2D eigenvalue weighted by molar-refractivity contribution is 7.88. The van der Waals surface area contributed by atoms with E-state index in [-0.39, 0.29) is 23.9 Å². The molecule has 2 rings (SSSR count). The van der Waals surface area contributed by atoms with Crippen molar-refractivity contribution in [3.05, 3.63) is 17.9 Å². The highest BCUT2D eigenvalue weighted by atomic mass is 32.2. The number of amides is 1. The van der Waals surface area contributed by atoms with Gasteiger partial charge in [-0.3, -0.25) is 9.59 Å². The van der Waals surface area contributed by atoms with Gasteiger partial charge in [-0.15, -0.1) is 0 Å². The summed E-state index contributed by atoms with van der Waals surface area (Å²) in [5, 5.41) is 8.85. The van der Waals surface area contributed by atoms with Crippen LogP contribution in [0.3, 0.4) is 0 Å². The van der Waals surface area contributed by atoms with Crippen molar-refractivity contribution in [2.45, 2.75) is 18.4 Å². The SMILES string of the molecule is CN(C)S(=O)(=O)c1ccc(C(=O)N2CCC(C)(C(=O)O)C2)o1. The van der Waals surface area contributed by atoms with Gasteiger partial charge in [0.25, 0.3) is 15.9 Å². The maximum absolute atomic E-state index is 12.3. The first-order valence-electron chi connectivity index (χ1n) is 6.63. The molecule has 1 unspecified atom stereocenters. The molecule has 1 aromatic heterocycles. The van der Waals surface area contributed by atoms with E-state index in [1.165, 1.54) is 31.1 Å². The highest BCUT2D eigenvalue weighted by Gasteiger charge is 2.43. The van der Waals surface area contributed by atoms with Gasteiger partial charge in [0.05, 0.1) is 5.41 Å². The van der Waals surface area contributed by atoms with Gasteiger partial charge in [-0.1, -0.05) is 0 Å². The summed E-state index contributed by atoms with van der Waals surface area (Å²) in [4.78, 5) is 24.9. The van der Waals surface area contributed by atoms with Crippen LogP contribution in [0, 0.1) is 5.41 Å². The Morgan fingerprint density at radius 1 is 1.36 bits per heavy atom. The van der Waals surface area contributed by atoms with Crippen molar-refractivity contribution in [3.63, 3.8) is 0 Å². The van der Waals surface area contributed by atoms with Gasteiger partial charge >= 0.3 is 5.97 Å². The standard InChI is InChI=1S/C13H18N2O6S/c1-13(12(17)18)6-7-15(8-13)11(16)9-4-5-10(21-9)22(19,20)14(2)3/h4-5H,6-8H2,1-3H3,(H,17,18). The summed E-state index contributed by atoms with van der Waals surface area (Å²) in [6.45, 7) is 1.93. The molecule has 1 aromatic rings. The second-order valence-corrected chi connectivity index (χ2v) is 7.83. The Balaban J connectivity index is 2.19. The van der Waals surface area contributed by atoms with E-state index in [1.54, 1.807) is 6.92 Å². The number of carbonyl (C=O) groups excluding carboxylic acids is 1. The van der Waals surface area contributed by atoms with Crippen LogP contribution in [0.1, 0.15) is 23.9 Å². The summed E-state index contributed by atoms with van der Waals surface area (Å²) < 4.78 is 30.0. The van der Waals surface area contributed by atoms with Gasteiger partial charge < -0.3 is 14.4 Å². The average Bonchev–Trinajstić information content (AvgIpc) is 3.05. The normalized spacial score (nSPS) is 22.3. The Morgan fingerprint density at radius 2 is 2.00 bits per heavy atom. The number of hydrogen-bond donors (Lipinski definition) is 1. The maximum Gasteiger partial charge on any atom is 0.311 e. The van der Waals surface area contributed by atoms with Crippen molar-refractivity contribution < 1.29 is 27.5 Å². The minimum Gasteiger partial charge on any atom is -0.481 e. The fraction of sp³-hybridized carbons (Fsp3) is 0.538. The molecule has 0 aliphatic carbocycles. The Labute approximate surface area is 128 Å². The Bertz CT molecular complexity index is 708. The van der Waals surface area contributed by atoms with Gasteiger partial charge in [0, 0.05) is 27.2 Å². The average molecular weight is 330 g/mol. The first-order chi connectivity index (χ1) is 10.1. The van der Waals surface area contributed by atoms with E-state index >= 15 is 0 Å². The maximum atomic E-state index is 12.3. The molecule has 0 bridgehead atoms.